The molecule has 0 spiro atoms. The van der Waals surface area contributed by atoms with Gasteiger partial charge < -0.3 is 10.6 Å². The Hall–Kier alpha value is -2.16. The van der Waals surface area contributed by atoms with Crippen LogP contribution in [0.4, 0.5) is 5.13 Å². The first-order valence-electron chi connectivity index (χ1n) is 8.35. The highest BCUT2D eigenvalue weighted by Gasteiger charge is 2.10. The third-order valence-corrected chi connectivity index (χ3v) is 5.28. The van der Waals surface area contributed by atoms with Crippen LogP contribution in [-0.2, 0) is 6.42 Å². The Morgan fingerprint density at radius 3 is 2.78 bits per heavy atom. The molecule has 0 aliphatic heterocycles. The summed E-state index contributed by atoms with van der Waals surface area (Å²) in [5, 5.41) is 11.4. The fourth-order valence-electron chi connectivity index (χ4n) is 2.40. The first kappa shape index (κ1) is 19.6. The van der Waals surface area contributed by atoms with Crippen molar-refractivity contribution < 1.29 is 4.79 Å². The lowest BCUT2D eigenvalue weighted by Crippen LogP contribution is -2.28. The Kier molecular flexibility index (Phi) is 6.30. The second-order valence-corrected chi connectivity index (χ2v) is 7.52. The Bertz CT molecular complexity index is 1030. The van der Waals surface area contributed by atoms with Gasteiger partial charge >= 0.3 is 0 Å². The number of benzene rings is 1. The van der Waals surface area contributed by atoms with Crippen molar-refractivity contribution in [3.8, 4) is 0 Å². The Morgan fingerprint density at radius 2 is 2.04 bits per heavy atom. The van der Waals surface area contributed by atoms with Crippen molar-refractivity contribution in [1.29, 1.82) is 0 Å². The van der Waals surface area contributed by atoms with Crippen molar-refractivity contribution in [2.45, 2.75) is 19.8 Å². The van der Waals surface area contributed by atoms with Crippen molar-refractivity contribution in [2.75, 3.05) is 18.4 Å². The van der Waals surface area contributed by atoms with E-state index in [-0.39, 0.29) is 11.5 Å². The number of nitrogens with one attached hydrogen (secondary N) is 2. The summed E-state index contributed by atoms with van der Waals surface area (Å²) in [5.41, 5.74) is 1.01. The van der Waals surface area contributed by atoms with Crippen LogP contribution in [0, 0.1) is 0 Å². The van der Waals surface area contributed by atoms with Crippen LogP contribution in [0.5, 0.6) is 0 Å². The van der Waals surface area contributed by atoms with Gasteiger partial charge in [-0.1, -0.05) is 47.9 Å². The molecule has 0 radical (unpaired) electrons. The molecule has 2 aromatic heterocycles. The van der Waals surface area contributed by atoms with Gasteiger partial charge in [-0.3, -0.25) is 9.59 Å². The molecule has 0 aliphatic carbocycles. The summed E-state index contributed by atoms with van der Waals surface area (Å²) in [6, 6.07) is 6.22. The van der Waals surface area contributed by atoms with Gasteiger partial charge in [-0.25, -0.2) is 4.98 Å². The largest absolute Gasteiger partial charge is 0.358 e. The number of aryl methyl sites for hydroxylation is 1. The van der Waals surface area contributed by atoms with E-state index in [4.69, 9.17) is 23.2 Å². The van der Waals surface area contributed by atoms with Gasteiger partial charge in [0.05, 0.1) is 10.0 Å². The second kappa shape index (κ2) is 8.69. The summed E-state index contributed by atoms with van der Waals surface area (Å²) >= 11 is 13.1. The summed E-state index contributed by atoms with van der Waals surface area (Å²) < 4.78 is 1.28. The van der Waals surface area contributed by atoms with Crippen molar-refractivity contribution in [3.63, 3.8) is 0 Å². The minimum atomic E-state index is -0.248. The summed E-state index contributed by atoms with van der Waals surface area (Å²) in [6.45, 7) is 2.86. The second-order valence-electron chi connectivity index (χ2n) is 5.75. The highest BCUT2D eigenvalue weighted by molar-refractivity contribution is 7.20. The number of nitrogens with zero attached hydrogens (tertiary/aromatic N) is 3. The quantitative estimate of drug-likeness (QED) is 0.567. The van der Waals surface area contributed by atoms with Gasteiger partial charge in [0.15, 0.2) is 0 Å². The number of amides is 1. The van der Waals surface area contributed by atoms with Crippen molar-refractivity contribution in [3.05, 3.63) is 55.9 Å². The zero-order valence-electron chi connectivity index (χ0n) is 14.5. The maximum absolute atomic E-state index is 12.1. The summed E-state index contributed by atoms with van der Waals surface area (Å²) in [5.74, 6) is -0.248. The van der Waals surface area contributed by atoms with E-state index in [1.165, 1.54) is 28.0 Å². The number of carbonyl (C=O) groups excluding carboxylic acids is 1. The molecule has 0 atom stereocenters. The molecule has 0 saturated carbocycles. The lowest BCUT2D eigenvalue weighted by atomic mass is 10.2. The molecule has 0 saturated heterocycles. The highest BCUT2D eigenvalue weighted by Crippen LogP contribution is 2.22. The number of rotatable bonds is 7. The van der Waals surface area contributed by atoms with E-state index in [1.54, 1.807) is 12.1 Å². The Morgan fingerprint density at radius 1 is 1.22 bits per heavy atom. The van der Waals surface area contributed by atoms with E-state index < -0.39 is 0 Å². The standard InChI is InChI=1S/C17H17Cl2N5O2S/c1-2-3-11-9-14(25)24-17(22-11)27-16(23-24)21-7-6-20-15(26)10-4-5-12(18)13(19)8-10/h4-5,8-9H,2-3,6-7H2,1H3,(H,20,26)(H,21,23). The van der Waals surface area contributed by atoms with Gasteiger partial charge in [-0.2, -0.15) is 4.52 Å². The minimum Gasteiger partial charge on any atom is -0.358 e. The van der Waals surface area contributed by atoms with Crippen LogP contribution in [0.25, 0.3) is 4.96 Å². The molecular weight excluding hydrogens is 409 g/mol. The van der Waals surface area contributed by atoms with Crippen LogP contribution >= 0.6 is 34.5 Å². The molecule has 0 aliphatic rings. The van der Waals surface area contributed by atoms with E-state index in [9.17, 15) is 9.59 Å². The molecule has 3 rings (SSSR count). The van der Waals surface area contributed by atoms with Gasteiger partial charge in [-0.15, -0.1) is 5.10 Å². The first-order valence-corrected chi connectivity index (χ1v) is 9.92. The number of hydrogen-bond acceptors (Lipinski definition) is 6. The summed E-state index contributed by atoms with van der Waals surface area (Å²) in [6.07, 6.45) is 1.68. The molecule has 142 valence electrons. The maximum atomic E-state index is 12.1. The van der Waals surface area contributed by atoms with E-state index >= 15 is 0 Å². The van der Waals surface area contributed by atoms with Gasteiger partial charge in [-0.05, 0) is 24.6 Å². The SMILES string of the molecule is CCCc1cc(=O)n2nc(NCCNC(=O)c3ccc(Cl)c(Cl)c3)sc2n1. The monoisotopic (exact) mass is 425 g/mol. The van der Waals surface area contributed by atoms with E-state index in [2.05, 4.69) is 20.7 Å². The highest BCUT2D eigenvalue weighted by atomic mass is 35.5. The number of aromatic nitrogens is 3. The van der Waals surface area contributed by atoms with Crippen LogP contribution in [0.15, 0.2) is 29.1 Å². The predicted octanol–water partition coefficient (Wildman–Crippen LogP) is 3.25. The molecule has 10 heteroatoms. The molecule has 1 amide bonds. The van der Waals surface area contributed by atoms with Crippen molar-refractivity contribution >= 4 is 50.5 Å². The first-order chi connectivity index (χ1) is 13.0. The predicted molar refractivity (Wildman–Crippen MR) is 108 cm³/mol. The maximum Gasteiger partial charge on any atom is 0.275 e. The summed E-state index contributed by atoms with van der Waals surface area (Å²) in [4.78, 5) is 29.2. The van der Waals surface area contributed by atoms with E-state index in [0.717, 1.165) is 18.5 Å². The molecule has 0 bridgehead atoms. The number of halogens is 2. The molecular formula is C17H17Cl2N5O2S. The topological polar surface area (TPSA) is 88.4 Å². The van der Waals surface area contributed by atoms with Crippen molar-refractivity contribution in [1.82, 2.24) is 19.9 Å². The average Bonchev–Trinajstić information content (AvgIpc) is 3.04. The van der Waals surface area contributed by atoms with Crippen LogP contribution in [0.3, 0.4) is 0 Å². The fraction of sp³-hybridized carbons (Fsp3) is 0.294. The van der Waals surface area contributed by atoms with Crippen LogP contribution in [-0.4, -0.2) is 33.6 Å². The Labute approximate surface area is 169 Å². The molecule has 0 unspecified atom stereocenters. The van der Waals surface area contributed by atoms with Crippen molar-refractivity contribution in [2.24, 2.45) is 0 Å². The molecule has 2 N–H and O–H groups in total. The Balaban J connectivity index is 1.57. The summed E-state index contributed by atoms with van der Waals surface area (Å²) in [7, 11) is 0. The number of carbonyl (C=O) groups is 1. The zero-order chi connectivity index (χ0) is 19.4. The lowest BCUT2D eigenvalue weighted by molar-refractivity contribution is 0.0955. The van der Waals surface area contributed by atoms with Gasteiger partial charge in [0, 0.05) is 30.4 Å². The van der Waals surface area contributed by atoms with Crippen LogP contribution < -0.4 is 16.2 Å². The smallest absolute Gasteiger partial charge is 0.275 e. The molecule has 7 nitrogen and oxygen atoms in total. The third-order valence-electron chi connectivity index (χ3n) is 3.67. The lowest BCUT2D eigenvalue weighted by Gasteiger charge is -2.06. The van der Waals surface area contributed by atoms with Gasteiger partial charge in [0.25, 0.3) is 11.5 Å². The van der Waals surface area contributed by atoms with Crippen LogP contribution in [0.2, 0.25) is 10.0 Å². The van der Waals surface area contributed by atoms with Crippen LogP contribution in [0.1, 0.15) is 29.4 Å². The minimum absolute atomic E-state index is 0.194. The average molecular weight is 426 g/mol. The molecule has 0 fully saturated rings. The fourth-order valence-corrected chi connectivity index (χ4v) is 3.54. The molecule has 1 aromatic carbocycles. The number of anilines is 1. The number of fused-ring (bicyclic) bond motifs is 1. The zero-order valence-corrected chi connectivity index (χ0v) is 16.8. The normalized spacial score (nSPS) is 10.9. The molecule has 27 heavy (non-hydrogen) atoms. The van der Waals surface area contributed by atoms with Gasteiger partial charge in [0.2, 0.25) is 10.1 Å². The third kappa shape index (κ3) is 4.77. The number of hydrogen-bond donors (Lipinski definition) is 2. The van der Waals surface area contributed by atoms with E-state index in [0.29, 0.717) is 38.8 Å². The van der Waals surface area contributed by atoms with E-state index in [1.807, 2.05) is 6.92 Å². The molecule has 2 heterocycles. The van der Waals surface area contributed by atoms with Gasteiger partial charge in [0.1, 0.15) is 0 Å². The molecule has 3 aromatic rings.